The van der Waals surface area contributed by atoms with Crippen molar-refractivity contribution in [3.8, 4) is 56.4 Å². The van der Waals surface area contributed by atoms with Crippen LogP contribution < -0.4 is 0 Å². The highest BCUT2D eigenvalue weighted by molar-refractivity contribution is 6.15. The zero-order valence-corrected chi connectivity index (χ0v) is 27.5. The zero-order valence-electron chi connectivity index (χ0n) is 27.5. The lowest BCUT2D eigenvalue weighted by Crippen LogP contribution is -2.00. The lowest BCUT2D eigenvalue weighted by molar-refractivity contribution is 0.669. The standard InChI is InChI=1S/C47H29N3O/c1-3-14-30(15-4-1)34-19-9-10-22-37(34)39-24-13-25-42-44(39)40-27-26-33(29-43(40)51-42)46-48-45(31-16-5-2-6-17-31)49-47(50-46)41-28-32-18-7-8-20-35(32)36-21-11-12-23-38(36)41/h1-29H. The van der Waals surface area contributed by atoms with Crippen molar-refractivity contribution in [2.75, 3.05) is 0 Å². The van der Waals surface area contributed by atoms with Crippen LogP contribution in [0.25, 0.3) is 99.9 Å². The van der Waals surface area contributed by atoms with E-state index in [4.69, 9.17) is 19.4 Å². The molecule has 4 heteroatoms. The Kier molecular flexibility index (Phi) is 6.78. The van der Waals surface area contributed by atoms with Crippen LogP contribution in [0.15, 0.2) is 180 Å². The maximum absolute atomic E-state index is 6.59. The van der Waals surface area contributed by atoms with E-state index < -0.39 is 0 Å². The van der Waals surface area contributed by atoms with Crippen LogP contribution in [-0.4, -0.2) is 15.0 Å². The molecule has 0 fully saturated rings. The summed E-state index contributed by atoms with van der Waals surface area (Å²) in [7, 11) is 0. The molecule has 0 aliphatic heterocycles. The van der Waals surface area contributed by atoms with Crippen LogP contribution in [0.1, 0.15) is 0 Å². The van der Waals surface area contributed by atoms with E-state index in [1.807, 2.05) is 36.4 Å². The summed E-state index contributed by atoms with van der Waals surface area (Å²) in [6.07, 6.45) is 0. The molecule has 8 aromatic carbocycles. The predicted octanol–water partition coefficient (Wildman–Crippen LogP) is 12.4. The Balaban J connectivity index is 1.17. The zero-order chi connectivity index (χ0) is 33.7. The van der Waals surface area contributed by atoms with Crippen LogP contribution >= 0.6 is 0 Å². The van der Waals surface area contributed by atoms with E-state index in [0.717, 1.165) is 55.0 Å². The van der Waals surface area contributed by atoms with Crippen LogP contribution in [0, 0.1) is 0 Å². The third kappa shape index (κ3) is 4.96. The van der Waals surface area contributed by atoms with Gasteiger partial charge in [-0.2, -0.15) is 0 Å². The fraction of sp³-hybridized carbons (Fsp3) is 0. The molecule has 0 N–H and O–H groups in total. The molecule has 0 bridgehead atoms. The fourth-order valence-electron chi connectivity index (χ4n) is 7.36. The first-order valence-electron chi connectivity index (χ1n) is 17.1. The van der Waals surface area contributed by atoms with Crippen LogP contribution in [0.5, 0.6) is 0 Å². The number of hydrogen-bond acceptors (Lipinski definition) is 4. The van der Waals surface area contributed by atoms with E-state index in [2.05, 4.69) is 140 Å². The van der Waals surface area contributed by atoms with Gasteiger partial charge in [0.15, 0.2) is 17.5 Å². The smallest absolute Gasteiger partial charge is 0.164 e. The molecule has 0 aliphatic rings. The molecular weight excluding hydrogens is 623 g/mol. The average molecular weight is 652 g/mol. The fourth-order valence-corrected chi connectivity index (χ4v) is 7.36. The van der Waals surface area contributed by atoms with E-state index in [-0.39, 0.29) is 0 Å². The van der Waals surface area contributed by atoms with Crippen molar-refractivity contribution in [3.05, 3.63) is 176 Å². The lowest BCUT2D eigenvalue weighted by Gasteiger charge is -2.12. The molecule has 4 nitrogen and oxygen atoms in total. The Morgan fingerprint density at radius 2 is 0.922 bits per heavy atom. The Bertz CT molecular complexity index is 2910. The molecule has 238 valence electrons. The van der Waals surface area contributed by atoms with Crippen LogP contribution in [0.3, 0.4) is 0 Å². The minimum Gasteiger partial charge on any atom is -0.456 e. The topological polar surface area (TPSA) is 51.8 Å². The van der Waals surface area contributed by atoms with Gasteiger partial charge in [0.05, 0.1) is 0 Å². The molecule has 0 atom stereocenters. The van der Waals surface area contributed by atoms with Gasteiger partial charge in [-0.25, -0.2) is 15.0 Å². The maximum Gasteiger partial charge on any atom is 0.164 e. The van der Waals surface area contributed by atoms with Gasteiger partial charge < -0.3 is 4.42 Å². The Labute approximate surface area is 294 Å². The summed E-state index contributed by atoms with van der Waals surface area (Å²) in [4.78, 5) is 15.3. The van der Waals surface area contributed by atoms with E-state index in [1.54, 1.807) is 0 Å². The molecule has 0 unspecified atom stereocenters. The first-order chi connectivity index (χ1) is 25.3. The van der Waals surface area contributed by atoms with E-state index in [1.165, 1.54) is 27.5 Å². The summed E-state index contributed by atoms with van der Waals surface area (Å²) in [5.74, 6) is 1.84. The number of benzene rings is 8. The van der Waals surface area contributed by atoms with E-state index in [0.29, 0.717) is 17.5 Å². The molecule has 0 radical (unpaired) electrons. The maximum atomic E-state index is 6.59. The van der Waals surface area contributed by atoms with Gasteiger partial charge in [0.1, 0.15) is 11.2 Å². The minimum atomic E-state index is 0.591. The summed E-state index contributed by atoms with van der Waals surface area (Å²) in [5, 5.41) is 6.75. The third-order valence-corrected chi connectivity index (χ3v) is 9.73. The van der Waals surface area contributed by atoms with Crippen molar-refractivity contribution in [1.82, 2.24) is 15.0 Å². The van der Waals surface area contributed by atoms with Crippen molar-refractivity contribution >= 4 is 43.5 Å². The Morgan fingerprint density at radius 1 is 0.314 bits per heavy atom. The second kappa shape index (κ2) is 11.9. The van der Waals surface area contributed by atoms with Crippen LogP contribution in [-0.2, 0) is 0 Å². The summed E-state index contributed by atoms with van der Waals surface area (Å²) in [6.45, 7) is 0. The number of furan rings is 1. The van der Waals surface area contributed by atoms with E-state index in [9.17, 15) is 0 Å². The molecule has 10 aromatic rings. The van der Waals surface area contributed by atoms with Gasteiger partial charge in [0.25, 0.3) is 0 Å². The highest BCUT2D eigenvalue weighted by Gasteiger charge is 2.19. The van der Waals surface area contributed by atoms with Crippen molar-refractivity contribution in [3.63, 3.8) is 0 Å². The number of fused-ring (bicyclic) bond motifs is 6. The van der Waals surface area contributed by atoms with Gasteiger partial charge in [0.2, 0.25) is 0 Å². The minimum absolute atomic E-state index is 0.591. The molecule has 2 heterocycles. The Hall–Kier alpha value is -6.91. The molecule has 0 amide bonds. The normalized spacial score (nSPS) is 11.5. The van der Waals surface area contributed by atoms with Gasteiger partial charge >= 0.3 is 0 Å². The van der Waals surface area contributed by atoms with E-state index >= 15 is 0 Å². The van der Waals surface area contributed by atoms with Gasteiger partial charge in [-0.1, -0.05) is 152 Å². The van der Waals surface area contributed by atoms with Gasteiger partial charge in [-0.15, -0.1) is 0 Å². The largest absolute Gasteiger partial charge is 0.456 e. The highest BCUT2D eigenvalue weighted by atomic mass is 16.3. The summed E-state index contributed by atoms with van der Waals surface area (Å²) in [5.41, 5.74) is 9.05. The molecule has 51 heavy (non-hydrogen) atoms. The first-order valence-corrected chi connectivity index (χ1v) is 17.1. The predicted molar refractivity (Wildman–Crippen MR) is 209 cm³/mol. The Morgan fingerprint density at radius 3 is 1.73 bits per heavy atom. The highest BCUT2D eigenvalue weighted by Crippen LogP contribution is 2.42. The molecule has 0 spiro atoms. The van der Waals surface area contributed by atoms with Gasteiger partial charge in [0, 0.05) is 27.5 Å². The number of aromatic nitrogens is 3. The molecule has 2 aromatic heterocycles. The van der Waals surface area contributed by atoms with Crippen molar-refractivity contribution in [2.45, 2.75) is 0 Å². The second-order valence-electron chi connectivity index (χ2n) is 12.8. The molecule has 0 aliphatic carbocycles. The van der Waals surface area contributed by atoms with Crippen molar-refractivity contribution in [1.29, 1.82) is 0 Å². The second-order valence-corrected chi connectivity index (χ2v) is 12.8. The molecule has 0 saturated carbocycles. The monoisotopic (exact) mass is 651 g/mol. The van der Waals surface area contributed by atoms with Crippen LogP contribution in [0.2, 0.25) is 0 Å². The third-order valence-electron chi connectivity index (χ3n) is 9.73. The van der Waals surface area contributed by atoms with Crippen LogP contribution in [0.4, 0.5) is 0 Å². The van der Waals surface area contributed by atoms with Gasteiger partial charge in [-0.3, -0.25) is 0 Å². The van der Waals surface area contributed by atoms with Crippen molar-refractivity contribution in [2.24, 2.45) is 0 Å². The quantitative estimate of drug-likeness (QED) is 0.174. The lowest BCUT2D eigenvalue weighted by atomic mass is 9.92. The molecule has 0 saturated heterocycles. The number of hydrogen-bond donors (Lipinski definition) is 0. The summed E-state index contributed by atoms with van der Waals surface area (Å²) in [6, 6.07) is 61.0. The van der Waals surface area contributed by atoms with Crippen molar-refractivity contribution < 1.29 is 4.42 Å². The molecular formula is C47H29N3O. The number of rotatable bonds is 5. The SMILES string of the molecule is c1ccc(-c2nc(-c3ccc4c(c3)oc3cccc(-c5ccccc5-c5ccccc5)c34)nc(-c3cc4ccccc4c4ccccc34)n2)cc1. The number of nitrogens with zero attached hydrogens (tertiary/aromatic N) is 3. The first kappa shape index (κ1) is 29.0. The average Bonchev–Trinajstić information content (AvgIpc) is 3.59. The molecule has 10 rings (SSSR count). The summed E-state index contributed by atoms with van der Waals surface area (Å²) < 4.78 is 6.59. The van der Waals surface area contributed by atoms with Gasteiger partial charge in [-0.05, 0) is 68.1 Å². The summed E-state index contributed by atoms with van der Waals surface area (Å²) >= 11 is 0.